The Hall–Kier alpha value is -2.54. The van der Waals surface area contributed by atoms with Crippen LogP contribution in [0.25, 0.3) is 0 Å². The molecule has 3 N–H and O–H groups in total. The topological polar surface area (TPSA) is 58.4 Å². The number of benzene rings is 2. The van der Waals surface area contributed by atoms with Crippen molar-refractivity contribution >= 4 is 6.03 Å². The van der Waals surface area contributed by atoms with Crippen LogP contribution in [0.1, 0.15) is 29.2 Å². The normalized spacial score (nSPS) is 26.1. The van der Waals surface area contributed by atoms with E-state index < -0.39 is 30.1 Å². The van der Waals surface area contributed by atoms with Gasteiger partial charge in [0.15, 0.2) is 0 Å². The van der Waals surface area contributed by atoms with Crippen molar-refractivity contribution in [1.29, 1.82) is 0 Å². The number of alkyl halides is 2. The van der Waals surface area contributed by atoms with Crippen molar-refractivity contribution < 1.29 is 18.0 Å². The number of carbonyl (C=O) groups is 1. The fourth-order valence-electron chi connectivity index (χ4n) is 3.84. The van der Waals surface area contributed by atoms with Crippen molar-refractivity contribution in [1.82, 2.24) is 10.2 Å². The smallest absolute Gasteiger partial charge is 0.318 e. The Balaban J connectivity index is 1.64. The third-order valence-corrected chi connectivity index (χ3v) is 5.48. The summed E-state index contributed by atoms with van der Waals surface area (Å²) in [5.41, 5.74) is 8.09. The summed E-state index contributed by atoms with van der Waals surface area (Å²) < 4.78 is 41.0. The van der Waals surface area contributed by atoms with Gasteiger partial charge in [-0.05, 0) is 41.7 Å². The number of nitrogens with two attached hydrogens (primary N) is 1. The van der Waals surface area contributed by atoms with E-state index in [-0.39, 0.29) is 12.2 Å². The molecule has 1 fully saturated rings. The van der Waals surface area contributed by atoms with Gasteiger partial charge in [-0.15, -0.1) is 0 Å². The van der Waals surface area contributed by atoms with Gasteiger partial charge in [-0.2, -0.15) is 0 Å². The van der Waals surface area contributed by atoms with Gasteiger partial charge in [-0.25, -0.2) is 18.0 Å². The highest BCUT2D eigenvalue weighted by atomic mass is 19.3. The van der Waals surface area contributed by atoms with E-state index in [1.54, 1.807) is 12.1 Å². The van der Waals surface area contributed by atoms with Crippen LogP contribution in [0, 0.1) is 5.82 Å². The monoisotopic (exact) mass is 375 g/mol. The molecule has 1 aliphatic heterocycles. The zero-order valence-corrected chi connectivity index (χ0v) is 14.5. The summed E-state index contributed by atoms with van der Waals surface area (Å²) in [5, 5.41) is 2.43. The van der Waals surface area contributed by atoms with Crippen LogP contribution < -0.4 is 11.1 Å². The SMILES string of the molecule is N[C@H]1C[C@H](NC(=O)N2CCc3ccccc3[C@@H]2c2ccc(F)cc2)C1(F)F. The maximum absolute atomic E-state index is 13.8. The molecule has 0 radical (unpaired) electrons. The van der Waals surface area contributed by atoms with Crippen molar-refractivity contribution in [2.24, 2.45) is 5.73 Å². The molecule has 7 heteroatoms. The van der Waals surface area contributed by atoms with E-state index >= 15 is 0 Å². The Morgan fingerprint density at radius 2 is 1.85 bits per heavy atom. The third kappa shape index (κ3) is 3.06. The molecular formula is C20H20F3N3O. The maximum atomic E-state index is 13.8. The molecule has 2 aromatic carbocycles. The number of halogens is 3. The summed E-state index contributed by atoms with van der Waals surface area (Å²) in [7, 11) is 0. The van der Waals surface area contributed by atoms with Crippen LogP contribution in [-0.2, 0) is 6.42 Å². The number of nitrogens with one attached hydrogen (secondary N) is 1. The van der Waals surface area contributed by atoms with Gasteiger partial charge in [-0.3, -0.25) is 0 Å². The fraction of sp³-hybridized carbons (Fsp3) is 0.350. The zero-order valence-electron chi connectivity index (χ0n) is 14.5. The number of urea groups is 1. The van der Waals surface area contributed by atoms with Gasteiger partial charge in [0.1, 0.15) is 5.82 Å². The molecule has 1 aliphatic carbocycles. The summed E-state index contributed by atoms with van der Waals surface area (Å²) in [4.78, 5) is 14.4. The van der Waals surface area contributed by atoms with Gasteiger partial charge in [0.2, 0.25) is 0 Å². The Bertz CT molecular complexity index is 856. The summed E-state index contributed by atoms with van der Waals surface area (Å²) in [6.07, 6.45) is 0.673. The first-order valence-electron chi connectivity index (χ1n) is 8.91. The fourth-order valence-corrected chi connectivity index (χ4v) is 3.84. The van der Waals surface area contributed by atoms with E-state index in [9.17, 15) is 18.0 Å². The predicted octanol–water partition coefficient (Wildman–Crippen LogP) is 3.22. The Morgan fingerprint density at radius 3 is 2.52 bits per heavy atom. The van der Waals surface area contributed by atoms with Gasteiger partial charge in [-0.1, -0.05) is 36.4 Å². The minimum Gasteiger partial charge on any atom is -0.329 e. The Kier molecular flexibility index (Phi) is 4.34. The molecule has 0 spiro atoms. The number of carbonyl (C=O) groups excluding carboxylic acids is 1. The van der Waals surface area contributed by atoms with Crippen molar-refractivity contribution in [2.45, 2.75) is 36.9 Å². The van der Waals surface area contributed by atoms with Gasteiger partial charge in [0.05, 0.1) is 18.1 Å². The van der Waals surface area contributed by atoms with Gasteiger partial charge in [0, 0.05) is 6.54 Å². The van der Waals surface area contributed by atoms with Crippen LogP contribution in [0.15, 0.2) is 48.5 Å². The standard InChI is InChI=1S/C20H20F3N3O/c21-14-7-5-13(6-8-14)18-15-4-2-1-3-12(15)9-10-26(18)19(27)25-17-11-16(24)20(17,22)23/h1-8,16-18H,9-11,24H2,(H,25,27)/t16-,17-,18-/m0/s1. The highest BCUT2D eigenvalue weighted by Gasteiger charge is 2.56. The van der Waals surface area contributed by atoms with E-state index in [1.165, 1.54) is 17.0 Å². The molecule has 0 bridgehead atoms. The first kappa shape index (κ1) is 17.9. The highest BCUT2D eigenvalue weighted by molar-refractivity contribution is 5.76. The molecule has 27 heavy (non-hydrogen) atoms. The van der Waals surface area contributed by atoms with Gasteiger partial charge < -0.3 is 16.0 Å². The van der Waals surface area contributed by atoms with Crippen LogP contribution >= 0.6 is 0 Å². The van der Waals surface area contributed by atoms with Crippen LogP contribution in [0.2, 0.25) is 0 Å². The molecule has 2 aliphatic rings. The van der Waals surface area contributed by atoms with E-state index in [4.69, 9.17) is 5.73 Å². The molecule has 4 nitrogen and oxygen atoms in total. The van der Waals surface area contributed by atoms with Crippen LogP contribution in [0.3, 0.4) is 0 Å². The summed E-state index contributed by atoms with van der Waals surface area (Å²) >= 11 is 0. The van der Waals surface area contributed by atoms with E-state index in [0.29, 0.717) is 13.0 Å². The second-order valence-electron chi connectivity index (χ2n) is 7.12. The number of fused-ring (bicyclic) bond motifs is 1. The molecule has 142 valence electrons. The molecule has 1 heterocycles. The Morgan fingerprint density at radius 1 is 1.15 bits per heavy atom. The average Bonchev–Trinajstić information content (AvgIpc) is 2.67. The van der Waals surface area contributed by atoms with E-state index in [0.717, 1.165) is 16.7 Å². The number of hydrogen-bond donors (Lipinski definition) is 2. The summed E-state index contributed by atoms with van der Waals surface area (Å²) in [5.74, 6) is -3.48. The Labute approximate surface area is 155 Å². The summed E-state index contributed by atoms with van der Waals surface area (Å²) in [6, 6.07) is 10.1. The van der Waals surface area contributed by atoms with E-state index in [1.807, 2.05) is 24.3 Å². The molecule has 0 aromatic heterocycles. The molecule has 1 saturated carbocycles. The van der Waals surface area contributed by atoms with Crippen LogP contribution in [0.4, 0.5) is 18.0 Å². The molecular weight excluding hydrogens is 355 g/mol. The number of nitrogens with zero attached hydrogens (tertiary/aromatic N) is 1. The number of amides is 2. The van der Waals surface area contributed by atoms with Gasteiger partial charge in [0.25, 0.3) is 5.92 Å². The second-order valence-corrected chi connectivity index (χ2v) is 7.12. The first-order valence-corrected chi connectivity index (χ1v) is 8.91. The predicted molar refractivity (Wildman–Crippen MR) is 95.0 cm³/mol. The van der Waals surface area contributed by atoms with Crippen molar-refractivity contribution in [2.75, 3.05) is 6.54 Å². The number of rotatable bonds is 2. The van der Waals surface area contributed by atoms with Crippen molar-refractivity contribution in [3.05, 3.63) is 71.0 Å². The molecule has 2 aromatic rings. The molecule has 0 unspecified atom stereocenters. The minimum absolute atomic E-state index is 0.0460. The van der Waals surface area contributed by atoms with Crippen LogP contribution in [0.5, 0.6) is 0 Å². The lowest BCUT2D eigenvalue weighted by molar-refractivity contribution is -0.121. The molecule has 3 atom stereocenters. The zero-order chi connectivity index (χ0) is 19.2. The maximum Gasteiger partial charge on any atom is 0.318 e. The second kappa shape index (κ2) is 6.56. The average molecular weight is 375 g/mol. The molecule has 0 saturated heterocycles. The lowest BCUT2D eigenvalue weighted by Gasteiger charge is -2.44. The van der Waals surface area contributed by atoms with Crippen molar-refractivity contribution in [3.8, 4) is 0 Å². The quantitative estimate of drug-likeness (QED) is 0.847. The number of hydrogen-bond acceptors (Lipinski definition) is 2. The minimum atomic E-state index is -3.10. The highest BCUT2D eigenvalue weighted by Crippen LogP contribution is 2.38. The summed E-state index contributed by atoms with van der Waals surface area (Å²) in [6.45, 7) is 0.384. The van der Waals surface area contributed by atoms with Crippen molar-refractivity contribution in [3.63, 3.8) is 0 Å². The largest absolute Gasteiger partial charge is 0.329 e. The van der Waals surface area contributed by atoms with Crippen LogP contribution in [-0.4, -0.2) is 35.5 Å². The lowest BCUT2D eigenvalue weighted by Crippen LogP contribution is -2.68. The molecule has 2 amide bonds. The van der Waals surface area contributed by atoms with Gasteiger partial charge >= 0.3 is 6.03 Å². The molecule has 4 rings (SSSR count). The first-order chi connectivity index (χ1) is 12.9. The third-order valence-electron chi connectivity index (χ3n) is 5.48. The van der Waals surface area contributed by atoms with E-state index in [2.05, 4.69) is 5.32 Å². The lowest BCUT2D eigenvalue weighted by atomic mass is 9.82.